The summed E-state index contributed by atoms with van der Waals surface area (Å²) in [7, 11) is 1.20. The van der Waals surface area contributed by atoms with Gasteiger partial charge in [-0.25, -0.2) is 13.0 Å². The molecule has 0 amide bonds. The predicted octanol–water partition coefficient (Wildman–Crippen LogP) is 0.560. The van der Waals surface area contributed by atoms with E-state index < -0.39 is 9.05 Å². The molecular formula is C4H5ClN2O3S. The SMILES string of the molecule is CCc1nonc1S(=O)(=O)Cl. The zero-order chi connectivity index (χ0) is 8.48. The van der Waals surface area contributed by atoms with Gasteiger partial charge in [0.15, 0.2) is 0 Å². The second-order valence-electron chi connectivity index (χ2n) is 1.81. The Morgan fingerprint density at radius 3 is 2.55 bits per heavy atom. The molecule has 0 aliphatic carbocycles. The van der Waals surface area contributed by atoms with Gasteiger partial charge in [-0.2, -0.15) is 0 Å². The first-order chi connectivity index (χ1) is 5.05. The monoisotopic (exact) mass is 196 g/mol. The third-order valence-electron chi connectivity index (χ3n) is 1.09. The maximum Gasteiger partial charge on any atom is 0.284 e. The molecule has 0 radical (unpaired) electrons. The number of hydrogen-bond acceptors (Lipinski definition) is 5. The fraction of sp³-hybridized carbons (Fsp3) is 0.500. The maximum atomic E-state index is 10.7. The van der Waals surface area contributed by atoms with Gasteiger partial charge in [-0.3, -0.25) is 0 Å². The average Bonchev–Trinajstić information content (AvgIpc) is 2.31. The lowest BCUT2D eigenvalue weighted by molar-refractivity contribution is 0.295. The van der Waals surface area contributed by atoms with Crippen LogP contribution in [0.1, 0.15) is 12.6 Å². The molecule has 0 aromatic carbocycles. The molecule has 5 nitrogen and oxygen atoms in total. The van der Waals surface area contributed by atoms with Crippen LogP contribution in [0, 0.1) is 0 Å². The summed E-state index contributed by atoms with van der Waals surface area (Å²) in [6, 6.07) is 0. The van der Waals surface area contributed by atoms with E-state index in [0.717, 1.165) is 0 Å². The van der Waals surface area contributed by atoms with Gasteiger partial charge in [-0.1, -0.05) is 12.1 Å². The van der Waals surface area contributed by atoms with Crippen molar-refractivity contribution in [1.82, 2.24) is 10.3 Å². The Balaban J connectivity index is 3.24. The lowest BCUT2D eigenvalue weighted by atomic mass is 10.4. The maximum absolute atomic E-state index is 10.7. The van der Waals surface area contributed by atoms with Gasteiger partial charge < -0.3 is 0 Å². The van der Waals surface area contributed by atoms with Gasteiger partial charge in [0, 0.05) is 10.7 Å². The minimum absolute atomic E-state index is 0.250. The number of rotatable bonds is 2. The topological polar surface area (TPSA) is 73.1 Å². The Morgan fingerprint density at radius 1 is 1.55 bits per heavy atom. The van der Waals surface area contributed by atoms with Crippen LogP contribution in [0.15, 0.2) is 9.65 Å². The average molecular weight is 197 g/mol. The number of aromatic nitrogens is 2. The van der Waals surface area contributed by atoms with Crippen LogP contribution >= 0.6 is 10.7 Å². The molecule has 0 fully saturated rings. The Kier molecular flexibility index (Phi) is 2.15. The predicted molar refractivity (Wildman–Crippen MR) is 36.7 cm³/mol. The molecule has 1 heterocycles. The highest BCUT2D eigenvalue weighted by Gasteiger charge is 2.20. The van der Waals surface area contributed by atoms with Gasteiger partial charge >= 0.3 is 0 Å². The minimum atomic E-state index is -3.80. The molecule has 0 atom stereocenters. The highest BCUT2D eigenvalue weighted by Crippen LogP contribution is 2.15. The van der Waals surface area contributed by atoms with Gasteiger partial charge in [0.05, 0.1) is 0 Å². The highest BCUT2D eigenvalue weighted by atomic mass is 35.7. The largest absolute Gasteiger partial charge is 0.284 e. The van der Waals surface area contributed by atoms with Crippen LogP contribution in [-0.4, -0.2) is 18.7 Å². The van der Waals surface area contributed by atoms with Crippen LogP contribution in [0.5, 0.6) is 0 Å². The second kappa shape index (κ2) is 2.78. The van der Waals surface area contributed by atoms with Gasteiger partial charge in [0.1, 0.15) is 5.69 Å². The zero-order valence-electron chi connectivity index (χ0n) is 5.61. The molecule has 1 aromatic rings. The molecule has 0 spiro atoms. The van der Waals surface area contributed by atoms with E-state index in [0.29, 0.717) is 6.42 Å². The summed E-state index contributed by atoms with van der Waals surface area (Å²) in [5, 5.41) is 6.21. The van der Waals surface area contributed by atoms with Crippen molar-refractivity contribution >= 4 is 19.7 Å². The Morgan fingerprint density at radius 2 is 2.18 bits per heavy atom. The van der Waals surface area contributed by atoms with Crippen molar-refractivity contribution in [1.29, 1.82) is 0 Å². The summed E-state index contributed by atoms with van der Waals surface area (Å²) in [5.74, 6) is 0. The molecule has 1 rings (SSSR count). The third kappa shape index (κ3) is 1.69. The Bertz CT molecular complexity index is 344. The summed E-state index contributed by atoms with van der Waals surface area (Å²) in [6.07, 6.45) is 0.421. The fourth-order valence-electron chi connectivity index (χ4n) is 0.600. The molecule has 7 heteroatoms. The van der Waals surface area contributed by atoms with Gasteiger partial charge in [0.25, 0.3) is 9.05 Å². The van der Waals surface area contributed by atoms with Crippen LogP contribution in [0.25, 0.3) is 0 Å². The number of halogens is 1. The van der Waals surface area contributed by atoms with Crippen LogP contribution in [0.2, 0.25) is 0 Å². The third-order valence-corrected chi connectivity index (χ3v) is 2.30. The van der Waals surface area contributed by atoms with E-state index in [1.807, 2.05) is 0 Å². The second-order valence-corrected chi connectivity index (χ2v) is 4.29. The summed E-state index contributed by atoms with van der Waals surface area (Å²) in [6.45, 7) is 1.73. The molecule has 1 aromatic heterocycles. The van der Waals surface area contributed by atoms with Crippen LogP contribution in [-0.2, 0) is 15.5 Å². The van der Waals surface area contributed by atoms with E-state index in [1.54, 1.807) is 6.92 Å². The molecular weight excluding hydrogens is 192 g/mol. The standard InChI is InChI=1S/C4H5ClN2O3S/c1-2-3-4(7-10-6-3)11(5,8)9/h2H2,1H3. The van der Waals surface area contributed by atoms with E-state index in [-0.39, 0.29) is 10.7 Å². The van der Waals surface area contributed by atoms with E-state index in [1.165, 1.54) is 0 Å². The normalized spacial score (nSPS) is 11.8. The minimum Gasteiger partial charge on any atom is -0.243 e. The van der Waals surface area contributed by atoms with Crippen molar-refractivity contribution in [2.24, 2.45) is 0 Å². The highest BCUT2D eigenvalue weighted by molar-refractivity contribution is 8.13. The first kappa shape index (κ1) is 8.48. The van der Waals surface area contributed by atoms with Crippen LogP contribution in [0.3, 0.4) is 0 Å². The molecule has 0 N–H and O–H groups in total. The lowest BCUT2D eigenvalue weighted by Crippen LogP contribution is -1.95. The number of hydrogen-bond donors (Lipinski definition) is 0. The summed E-state index contributed by atoms with van der Waals surface area (Å²) in [5.41, 5.74) is 0.250. The molecule has 62 valence electrons. The summed E-state index contributed by atoms with van der Waals surface area (Å²) < 4.78 is 25.6. The van der Waals surface area contributed by atoms with Crippen LogP contribution in [0.4, 0.5) is 0 Å². The van der Waals surface area contributed by atoms with E-state index in [2.05, 4.69) is 14.9 Å². The molecule has 0 saturated carbocycles. The van der Waals surface area contributed by atoms with Crippen LogP contribution < -0.4 is 0 Å². The summed E-state index contributed by atoms with van der Waals surface area (Å²) >= 11 is 0. The van der Waals surface area contributed by atoms with E-state index in [9.17, 15) is 8.42 Å². The molecule has 0 aliphatic rings. The number of nitrogens with zero attached hydrogens (tertiary/aromatic N) is 2. The van der Waals surface area contributed by atoms with Crippen molar-refractivity contribution in [3.05, 3.63) is 5.69 Å². The first-order valence-corrected chi connectivity index (χ1v) is 5.12. The van der Waals surface area contributed by atoms with E-state index in [4.69, 9.17) is 10.7 Å². The van der Waals surface area contributed by atoms with Crippen molar-refractivity contribution in [3.8, 4) is 0 Å². The quantitative estimate of drug-likeness (QED) is 0.647. The van der Waals surface area contributed by atoms with Crippen molar-refractivity contribution in [2.75, 3.05) is 0 Å². The van der Waals surface area contributed by atoms with Gasteiger partial charge in [-0.05, 0) is 11.6 Å². The Labute approximate surface area is 67.7 Å². The van der Waals surface area contributed by atoms with Gasteiger partial charge in [0.2, 0.25) is 5.03 Å². The van der Waals surface area contributed by atoms with Gasteiger partial charge in [-0.15, -0.1) is 0 Å². The smallest absolute Gasteiger partial charge is 0.243 e. The number of aryl methyl sites for hydroxylation is 1. The molecule has 0 saturated heterocycles. The molecule has 0 aliphatic heterocycles. The Hall–Kier alpha value is -0.620. The first-order valence-electron chi connectivity index (χ1n) is 2.81. The molecule has 11 heavy (non-hydrogen) atoms. The van der Waals surface area contributed by atoms with Crippen molar-refractivity contribution in [2.45, 2.75) is 18.4 Å². The molecule has 0 unspecified atom stereocenters. The molecule has 0 bridgehead atoms. The lowest BCUT2D eigenvalue weighted by Gasteiger charge is -1.87. The van der Waals surface area contributed by atoms with E-state index >= 15 is 0 Å². The zero-order valence-corrected chi connectivity index (χ0v) is 7.18. The summed E-state index contributed by atoms with van der Waals surface area (Å²) in [4.78, 5) is 0. The van der Waals surface area contributed by atoms with Crippen molar-refractivity contribution in [3.63, 3.8) is 0 Å². The van der Waals surface area contributed by atoms with Crippen molar-refractivity contribution < 1.29 is 13.0 Å². The fourth-order valence-corrected chi connectivity index (χ4v) is 1.54.